The van der Waals surface area contributed by atoms with Gasteiger partial charge in [-0.05, 0) is 23.8 Å². The molecule has 0 aliphatic carbocycles. The van der Waals surface area contributed by atoms with Crippen molar-refractivity contribution in [3.05, 3.63) is 53.2 Å². The first kappa shape index (κ1) is 20.3. The van der Waals surface area contributed by atoms with Gasteiger partial charge < -0.3 is 10.1 Å². The zero-order chi connectivity index (χ0) is 20.3. The van der Waals surface area contributed by atoms with Crippen LogP contribution in [0.25, 0.3) is 10.9 Å². The molecule has 0 aliphatic heterocycles. The largest absolute Gasteiger partial charge is 0.383 e. The van der Waals surface area contributed by atoms with E-state index in [2.05, 4.69) is 10.4 Å². The van der Waals surface area contributed by atoms with Crippen LogP contribution in [0.15, 0.2) is 47.5 Å². The van der Waals surface area contributed by atoms with E-state index in [0.29, 0.717) is 40.3 Å². The zero-order valence-corrected chi connectivity index (χ0v) is 17.0. The number of fused-ring (bicyclic) bond motifs is 1. The average Bonchev–Trinajstić information content (AvgIpc) is 3.03. The summed E-state index contributed by atoms with van der Waals surface area (Å²) < 4.78 is 31.2. The van der Waals surface area contributed by atoms with Crippen molar-refractivity contribution in [2.75, 3.05) is 25.3 Å². The standard InChI is InChI=1S/C19H20ClN3O4S/c1-27-8-7-23-17-10-14(11-18(28(2,25)26)15(17)12-21-23)22-19(24)9-13-5-3-4-6-16(13)20/h3-6,10-12H,7-9H2,1-2H3,(H,22,24). The topological polar surface area (TPSA) is 90.3 Å². The number of carbonyl (C=O) groups is 1. The predicted molar refractivity (Wildman–Crippen MR) is 109 cm³/mol. The molecule has 28 heavy (non-hydrogen) atoms. The minimum absolute atomic E-state index is 0.0782. The van der Waals surface area contributed by atoms with E-state index in [1.807, 2.05) is 0 Å². The fourth-order valence-corrected chi connectivity index (χ4v) is 4.00. The third kappa shape index (κ3) is 4.52. The molecule has 3 aromatic rings. The molecule has 1 heterocycles. The van der Waals surface area contributed by atoms with Gasteiger partial charge in [0.05, 0.1) is 36.2 Å². The Morgan fingerprint density at radius 3 is 2.71 bits per heavy atom. The third-order valence-electron chi connectivity index (χ3n) is 4.22. The third-order valence-corrected chi connectivity index (χ3v) is 5.73. The summed E-state index contributed by atoms with van der Waals surface area (Å²) in [6, 6.07) is 10.2. The summed E-state index contributed by atoms with van der Waals surface area (Å²) in [6.07, 6.45) is 2.72. The molecule has 1 aromatic heterocycles. The number of rotatable bonds is 7. The fourth-order valence-electron chi connectivity index (χ4n) is 2.90. The molecule has 0 saturated heterocycles. The van der Waals surface area contributed by atoms with E-state index in [1.54, 1.807) is 42.1 Å². The number of nitrogens with one attached hydrogen (secondary N) is 1. The lowest BCUT2D eigenvalue weighted by atomic mass is 10.1. The monoisotopic (exact) mass is 421 g/mol. The van der Waals surface area contributed by atoms with E-state index in [1.165, 1.54) is 12.3 Å². The van der Waals surface area contributed by atoms with Crippen molar-refractivity contribution in [3.63, 3.8) is 0 Å². The lowest BCUT2D eigenvalue weighted by molar-refractivity contribution is -0.115. The lowest BCUT2D eigenvalue weighted by Gasteiger charge is -2.10. The Morgan fingerprint density at radius 2 is 2.04 bits per heavy atom. The predicted octanol–water partition coefficient (Wildman–Crippen LogP) is 2.92. The quantitative estimate of drug-likeness (QED) is 0.633. The van der Waals surface area contributed by atoms with E-state index in [4.69, 9.17) is 16.3 Å². The summed E-state index contributed by atoms with van der Waals surface area (Å²) >= 11 is 6.11. The molecule has 0 atom stereocenters. The fraction of sp³-hybridized carbons (Fsp3) is 0.263. The number of sulfone groups is 1. The van der Waals surface area contributed by atoms with Crippen molar-refractivity contribution in [2.45, 2.75) is 17.9 Å². The first-order chi connectivity index (χ1) is 13.3. The summed E-state index contributed by atoms with van der Waals surface area (Å²) in [5.41, 5.74) is 1.67. The van der Waals surface area contributed by atoms with Gasteiger partial charge in [-0.1, -0.05) is 29.8 Å². The molecule has 0 radical (unpaired) electrons. The van der Waals surface area contributed by atoms with Gasteiger partial charge in [-0.2, -0.15) is 5.10 Å². The smallest absolute Gasteiger partial charge is 0.228 e. The number of nitrogens with zero attached hydrogens (tertiary/aromatic N) is 2. The van der Waals surface area contributed by atoms with Crippen molar-refractivity contribution < 1.29 is 17.9 Å². The van der Waals surface area contributed by atoms with Crippen LogP contribution in [0, 0.1) is 0 Å². The second-order valence-electron chi connectivity index (χ2n) is 6.36. The lowest BCUT2D eigenvalue weighted by Crippen LogP contribution is -2.15. The highest BCUT2D eigenvalue weighted by Crippen LogP contribution is 2.28. The number of amides is 1. The van der Waals surface area contributed by atoms with Crippen LogP contribution in [-0.4, -0.2) is 44.1 Å². The summed E-state index contributed by atoms with van der Waals surface area (Å²) in [6.45, 7) is 0.883. The number of halogens is 1. The first-order valence-corrected chi connectivity index (χ1v) is 10.8. The first-order valence-electron chi connectivity index (χ1n) is 8.51. The van der Waals surface area contributed by atoms with Crippen LogP contribution in [0.4, 0.5) is 5.69 Å². The SMILES string of the molecule is COCCn1ncc2c(S(C)(=O)=O)cc(NC(=O)Cc3ccccc3Cl)cc21. The van der Waals surface area contributed by atoms with E-state index in [-0.39, 0.29) is 17.2 Å². The van der Waals surface area contributed by atoms with E-state index in [0.717, 1.165) is 6.26 Å². The number of benzene rings is 2. The van der Waals surface area contributed by atoms with Crippen molar-refractivity contribution in [1.29, 1.82) is 0 Å². The second kappa shape index (κ2) is 8.30. The molecule has 148 valence electrons. The normalized spacial score (nSPS) is 11.7. The number of anilines is 1. The van der Waals surface area contributed by atoms with Crippen molar-refractivity contribution in [3.8, 4) is 0 Å². The molecule has 0 unspecified atom stereocenters. The van der Waals surface area contributed by atoms with Gasteiger partial charge in [0.1, 0.15) is 0 Å². The van der Waals surface area contributed by atoms with Gasteiger partial charge >= 0.3 is 0 Å². The average molecular weight is 422 g/mol. The number of hydrogen-bond donors (Lipinski definition) is 1. The minimum atomic E-state index is -3.52. The Balaban J connectivity index is 1.96. The van der Waals surface area contributed by atoms with Crippen molar-refractivity contribution in [1.82, 2.24) is 9.78 Å². The number of carbonyl (C=O) groups excluding carboxylic acids is 1. The molecule has 7 nitrogen and oxygen atoms in total. The molecule has 9 heteroatoms. The van der Waals surface area contributed by atoms with Crippen LogP contribution in [0.3, 0.4) is 0 Å². The van der Waals surface area contributed by atoms with Crippen LogP contribution < -0.4 is 5.32 Å². The molecule has 0 bridgehead atoms. The molecule has 1 amide bonds. The molecule has 0 spiro atoms. The zero-order valence-electron chi connectivity index (χ0n) is 15.5. The number of methoxy groups -OCH3 is 1. The van der Waals surface area contributed by atoms with Gasteiger partial charge in [-0.3, -0.25) is 9.48 Å². The van der Waals surface area contributed by atoms with Gasteiger partial charge in [-0.25, -0.2) is 8.42 Å². The van der Waals surface area contributed by atoms with E-state index < -0.39 is 9.84 Å². The molecular weight excluding hydrogens is 402 g/mol. The molecule has 1 N–H and O–H groups in total. The Kier molecular flexibility index (Phi) is 6.02. The minimum Gasteiger partial charge on any atom is -0.383 e. The summed E-state index contributed by atoms with van der Waals surface area (Å²) in [5.74, 6) is -0.296. The number of hydrogen-bond acceptors (Lipinski definition) is 5. The van der Waals surface area contributed by atoms with Crippen LogP contribution >= 0.6 is 11.6 Å². The highest BCUT2D eigenvalue weighted by molar-refractivity contribution is 7.91. The second-order valence-corrected chi connectivity index (χ2v) is 8.75. The van der Waals surface area contributed by atoms with Crippen LogP contribution in [0.5, 0.6) is 0 Å². The van der Waals surface area contributed by atoms with Crippen LogP contribution in [0.1, 0.15) is 5.56 Å². The van der Waals surface area contributed by atoms with Gasteiger partial charge in [0.25, 0.3) is 0 Å². The van der Waals surface area contributed by atoms with Gasteiger partial charge in [0, 0.05) is 29.5 Å². The van der Waals surface area contributed by atoms with Gasteiger partial charge in [-0.15, -0.1) is 0 Å². The molecular formula is C19H20ClN3O4S. The number of ether oxygens (including phenoxy) is 1. The maximum atomic E-state index is 12.5. The number of aromatic nitrogens is 2. The molecule has 0 aliphatic rings. The van der Waals surface area contributed by atoms with Crippen molar-refractivity contribution in [2.24, 2.45) is 0 Å². The van der Waals surface area contributed by atoms with Crippen molar-refractivity contribution >= 4 is 43.9 Å². The van der Waals surface area contributed by atoms with E-state index >= 15 is 0 Å². The molecule has 3 rings (SSSR count). The summed E-state index contributed by atoms with van der Waals surface area (Å²) in [5, 5.41) is 8.01. The molecule has 0 fully saturated rings. The van der Waals surface area contributed by atoms with Crippen LogP contribution in [0.2, 0.25) is 5.02 Å². The van der Waals surface area contributed by atoms with Gasteiger partial charge in [0.2, 0.25) is 5.91 Å². The summed E-state index contributed by atoms with van der Waals surface area (Å²) in [7, 11) is -1.94. The van der Waals surface area contributed by atoms with Gasteiger partial charge in [0.15, 0.2) is 9.84 Å². The Bertz CT molecular complexity index is 1130. The molecule has 0 saturated carbocycles. The molecule has 2 aromatic carbocycles. The maximum absolute atomic E-state index is 12.5. The highest BCUT2D eigenvalue weighted by atomic mass is 35.5. The Labute approximate surface area is 168 Å². The summed E-state index contributed by atoms with van der Waals surface area (Å²) in [4.78, 5) is 12.6. The van der Waals surface area contributed by atoms with E-state index in [9.17, 15) is 13.2 Å². The Morgan fingerprint density at radius 1 is 1.29 bits per heavy atom. The maximum Gasteiger partial charge on any atom is 0.228 e. The highest BCUT2D eigenvalue weighted by Gasteiger charge is 2.18. The van der Waals surface area contributed by atoms with Crippen LogP contribution in [-0.2, 0) is 32.3 Å². The Hall–Kier alpha value is -2.42.